The molecule has 4 N–H and O–H groups in total. The van der Waals surface area contributed by atoms with Crippen molar-refractivity contribution in [3.63, 3.8) is 0 Å². The van der Waals surface area contributed by atoms with Crippen molar-refractivity contribution in [2.24, 2.45) is 34.0 Å². The fourth-order valence-corrected chi connectivity index (χ4v) is 7.93. The van der Waals surface area contributed by atoms with E-state index in [9.17, 15) is 20.4 Å². The van der Waals surface area contributed by atoms with Gasteiger partial charge in [0.25, 0.3) is 0 Å². The zero-order valence-electron chi connectivity index (χ0n) is 15.2. The van der Waals surface area contributed by atoms with E-state index in [1.54, 1.807) is 0 Å². The number of rotatable bonds is 2. The highest BCUT2D eigenvalue weighted by Gasteiger charge is 2.70. The summed E-state index contributed by atoms with van der Waals surface area (Å²) in [6.07, 6.45) is 7.33. The molecule has 0 aliphatic heterocycles. The maximum atomic E-state index is 10.9. The minimum Gasteiger partial charge on any atom is -0.396 e. The lowest BCUT2D eigenvalue weighted by Crippen LogP contribution is -2.63. The number of aliphatic hydroxyl groups is 4. The summed E-state index contributed by atoms with van der Waals surface area (Å²) in [5, 5.41) is 41.3. The summed E-state index contributed by atoms with van der Waals surface area (Å²) in [6, 6.07) is 0. The second-order valence-electron chi connectivity index (χ2n) is 10.0. The second-order valence-corrected chi connectivity index (χ2v) is 10.0. The minimum absolute atomic E-state index is 0.0547. The normalized spacial score (nSPS) is 59.8. The molecule has 4 aliphatic carbocycles. The Labute approximate surface area is 145 Å². The Morgan fingerprint density at radius 1 is 0.917 bits per heavy atom. The van der Waals surface area contributed by atoms with Crippen LogP contribution >= 0.6 is 0 Å². The molecule has 0 saturated heterocycles. The molecule has 1 unspecified atom stereocenters. The van der Waals surface area contributed by atoms with Gasteiger partial charge in [-0.25, -0.2) is 0 Å². The third kappa shape index (κ3) is 1.84. The number of aliphatic hydroxyl groups excluding tert-OH is 3. The molecule has 0 aromatic heterocycles. The fourth-order valence-electron chi connectivity index (χ4n) is 7.93. The van der Waals surface area contributed by atoms with Gasteiger partial charge in [-0.3, -0.25) is 0 Å². The Morgan fingerprint density at radius 3 is 2.33 bits per heavy atom. The van der Waals surface area contributed by atoms with Gasteiger partial charge in [-0.2, -0.15) is 0 Å². The molecule has 1 spiro atoms. The molecule has 138 valence electrons. The molecule has 0 radical (unpaired) electrons. The summed E-state index contributed by atoms with van der Waals surface area (Å²) < 4.78 is 0. The average Bonchev–Trinajstić information content (AvgIpc) is 2.93. The lowest BCUT2D eigenvalue weighted by Gasteiger charge is -2.66. The van der Waals surface area contributed by atoms with Crippen molar-refractivity contribution < 1.29 is 20.4 Å². The van der Waals surface area contributed by atoms with Crippen LogP contribution in [-0.4, -0.2) is 45.3 Å². The Hall–Kier alpha value is -0.160. The van der Waals surface area contributed by atoms with E-state index in [2.05, 4.69) is 13.8 Å². The largest absolute Gasteiger partial charge is 0.396 e. The van der Waals surface area contributed by atoms with Gasteiger partial charge in [0.1, 0.15) is 0 Å². The molecule has 0 aromatic rings. The van der Waals surface area contributed by atoms with Crippen LogP contribution in [0.1, 0.15) is 65.2 Å². The summed E-state index contributed by atoms with van der Waals surface area (Å²) in [4.78, 5) is 0. The predicted octanol–water partition coefficient (Wildman–Crippen LogP) is 2.09. The van der Waals surface area contributed by atoms with Crippen molar-refractivity contribution in [3.05, 3.63) is 0 Å². The zero-order chi connectivity index (χ0) is 17.4. The van der Waals surface area contributed by atoms with E-state index < -0.39 is 17.1 Å². The van der Waals surface area contributed by atoms with E-state index in [1.807, 2.05) is 0 Å². The third-order valence-corrected chi connectivity index (χ3v) is 9.54. The number of fused-ring (bicyclic) bond motifs is 2. The molecule has 4 nitrogen and oxygen atoms in total. The Morgan fingerprint density at radius 2 is 1.67 bits per heavy atom. The molecule has 0 heterocycles. The van der Waals surface area contributed by atoms with Gasteiger partial charge >= 0.3 is 0 Å². The van der Waals surface area contributed by atoms with E-state index in [0.29, 0.717) is 18.3 Å². The topological polar surface area (TPSA) is 80.9 Å². The lowest BCUT2D eigenvalue weighted by molar-refractivity contribution is -0.216. The molecule has 24 heavy (non-hydrogen) atoms. The van der Waals surface area contributed by atoms with Crippen LogP contribution in [0.4, 0.5) is 0 Å². The zero-order valence-corrected chi connectivity index (χ0v) is 15.2. The average molecular weight is 338 g/mol. The standard InChI is InChI=1S/C20H34O4/c1-17(11-21)15-4-3-13-9-14-10-19(13,7-8-20(14,24)12-22)18(15,2)6-5-16(17)23/h13-16,21-24H,3-12H2,1-2H3/t13-,14?,15-,16+,17-,18-,19-,20-/m0/s1. The third-order valence-electron chi connectivity index (χ3n) is 9.54. The predicted molar refractivity (Wildman–Crippen MR) is 91.2 cm³/mol. The summed E-state index contributed by atoms with van der Waals surface area (Å²) in [5.41, 5.74) is -0.949. The second kappa shape index (κ2) is 5.18. The van der Waals surface area contributed by atoms with E-state index in [1.165, 1.54) is 0 Å². The van der Waals surface area contributed by atoms with E-state index >= 15 is 0 Å². The van der Waals surface area contributed by atoms with Crippen LogP contribution in [0.2, 0.25) is 0 Å². The molecule has 4 heteroatoms. The van der Waals surface area contributed by atoms with Gasteiger partial charge in [0.05, 0.1) is 24.9 Å². The molecule has 4 aliphatic rings. The summed E-state index contributed by atoms with van der Waals surface area (Å²) in [5.74, 6) is 1.18. The summed E-state index contributed by atoms with van der Waals surface area (Å²) >= 11 is 0. The molecule has 2 bridgehead atoms. The first kappa shape index (κ1) is 17.3. The Bertz CT molecular complexity index is 524. The molecule has 0 amide bonds. The SMILES string of the molecule is C[C@@]1(CO)[C@H](O)CC[C@@]2(C)[C@H]1CC[C@H]1CC3C[C@@]12CC[C@]3(O)CO. The van der Waals surface area contributed by atoms with Gasteiger partial charge in [0, 0.05) is 5.41 Å². The molecule has 4 fully saturated rings. The summed E-state index contributed by atoms with van der Waals surface area (Å²) in [6.45, 7) is 4.43. The quantitative estimate of drug-likeness (QED) is 0.621. The van der Waals surface area contributed by atoms with Crippen LogP contribution in [0.15, 0.2) is 0 Å². The van der Waals surface area contributed by atoms with E-state index in [0.717, 1.165) is 44.9 Å². The number of hydrogen-bond acceptors (Lipinski definition) is 4. The van der Waals surface area contributed by atoms with Crippen molar-refractivity contribution in [2.45, 2.75) is 76.9 Å². The van der Waals surface area contributed by atoms with Gasteiger partial charge in [-0.15, -0.1) is 0 Å². The van der Waals surface area contributed by atoms with E-state index in [-0.39, 0.29) is 30.0 Å². The van der Waals surface area contributed by atoms with Crippen molar-refractivity contribution in [2.75, 3.05) is 13.2 Å². The van der Waals surface area contributed by atoms with Crippen LogP contribution in [-0.2, 0) is 0 Å². The van der Waals surface area contributed by atoms with Gasteiger partial charge in [-0.1, -0.05) is 13.8 Å². The maximum absolute atomic E-state index is 10.9. The highest BCUT2D eigenvalue weighted by molar-refractivity contribution is 5.19. The Balaban J connectivity index is 1.74. The van der Waals surface area contributed by atoms with Gasteiger partial charge < -0.3 is 20.4 Å². The first-order chi connectivity index (χ1) is 11.3. The molecule has 4 saturated carbocycles. The van der Waals surface area contributed by atoms with E-state index in [4.69, 9.17) is 0 Å². The van der Waals surface area contributed by atoms with Crippen LogP contribution in [0.5, 0.6) is 0 Å². The smallest absolute Gasteiger partial charge is 0.0905 e. The molecular weight excluding hydrogens is 304 g/mol. The van der Waals surface area contributed by atoms with Crippen molar-refractivity contribution >= 4 is 0 Å². The first-order valence-corrected chi connectivity index (χ1v) is 9.88. The fraction of sp³-hybridized carbons (Fsp3) is 1.00. The molecule has 4 rings (SSSR count). The van der Waals surface area contributed by atoms with Crippen LogP contribution in [0.3, 0.4) is 0 Å². The summed E-state index contributed by atoms with van der Waals surface area (Å²) in [7, 11) is 0. The maximum Gasteiger partial charge on any atom is 0.0905 e. The molecular formula is C20H34O4. The van der Waals surface area contributed by atoms with Gasteiger partial charge in [-0.05, 0) is 80.0 Å². The first-order valence-electron chi connectivity index (χ1n) is 9.88. The van der Waals surface area contributed by atoms with Gasteiger partial charge in [0.2, 0.25) is 0 Å². The monoisotopic (exact) mass is 338 g/mol. The highest BCUT2D eigenvalue weighted by atomic mass is 16.3. The lowest BCUT2D eigenvalue weighted by atomic mass is 9.39. The van der Waals surface area contributed by atoms with Gasteiger partial charge in [0.15, 0.2) is 0 Å². The Kier molecular flexibility index (Phi) is 3.73. The number of hydrogen-bond donors (Lipinski definition) is 4. The van der Waals surface area contributed by atoms with Crippen molar-refractivity contribution in [3.8, 4) is 0 Å². The van der Waals surface area contributed by atoms with Crippen LogP contribution < -0.4 is 0 Å². The molecule has 0 aromatic carbocycles. The highest BCUT2D eigenvalue weighted by Crippen LogP contribution is 2.75. The van der Waals surface area contributed by atoms with Crippen LogP contribution in [0.25, 0.3) is 0 Å². The van der Waals surface area contributed by atoms with Crippen LogP contribution in [0, 0.1) is 34.0 Å². The minimum atomic E-state index is -0.886. The molecule has 8 atom stereocenters. The van der Waals surface area contributed by atoms with Crippen molar-refractivity contribution in [1.82, 2.24) is 0 Å². The van der Waals surface area contributed by atoms with Crippen molar-refractivity contribution in [1.29, 1.82) is 0 Å².